The third kappa shape index (κ3) is 7.00. The summed E-state index contributed by atoms with van der Waals surface area (Å²) < 4.78 is 5.62. The lowest BCUT2D eigenvalue weighted by atomic mass is 10.1. The van der Waals surface area contributed by atoms with Gasteiger partial charge in [-0.25, -0.2) is 0 Å². The predicted octanol–water partition coefficient (Wildman–Crippen LogP) is 3.51. The number of hydrazine groups is 1. The first-order chi connectivity index (χ1) is 13.5. The molecule has 6 nitrogen and oxygen atoms in total. The fourth-order valence-electron chi connectivity index (χ4n) is 2.42. The molecular formula is C21H25N3O3S. The molecule has 0 aliphatic rings. The minimum Gasteiger partial charge on any atom is -0.494 e. The van der Waals surface area contributed by atoms with Gasteiger partial charge in [-0.3, -0.25) is 25.8 Å². The molecule has 0 saturated carbocycles. The molecule has 0 unspecified atom stereocenters. The van der Waals surface area contributed by atoms with Crippen molar-refractivity contribution in [3.8, 4) is 5.75 Å². The van der Waals surface area contributed by atoms with Gasteiger partial charge in [0.2, 0.25) is 0 Å². The predicted molar refractivity (Wildman–Crippen MR) is 113 cm³/mol. The van der Waals surface area contributed by atoms with Crippen molar-refractivity contribution >= 4 is 29.1 Å². The number of benzene rings is 2. The molecule has 0 aliphatic heterocycles. The first kappa shape index (κ1) is 21.4. The smallest absolute Gasteiger partial charge is 0.269 e. The summed E-state index contributed by atoms with van der Waals surface area (Å²) in [6, 6.07) is 14.0. The van der Waals surface area contributed by atoms with E-state index in [4.69, 9.17) is 17.0 Å². The minimum absolute atomic E-state index is 0.00546. The first-order valence-electron chi connectivity index (χ1n) is 9.21. The minimum atomic E-state index is -0.375. The van der Waals surface area contributed by atoms with Crippen molar-refractivity contribution in [3.63, 3.8) is 0 Å². The average Bonchev–Trinajstić information content (AvgIpc) is 2.70. The molecule has 7 heteroatoms. The van der Waals surface area contributed by atoms with Gasteiger partial charge in [0, 0.05) is 11.1 Å². The van der Waals surface area contributed by atoms with Crippen LogP contribution in [0.1, 0.15) is 52.5 Å². The van der Waals surface area contributed by atoms with E-state index in [0.29, 0.717) is 17.7 Å². The summed E-state index contributed by atoms with van der Waals surface area (Å²) >= 11 is 5.05. The summed E-state index contributed by atoms with van der Waals surface area (Å²) in [6.07, 6.45) is 3.28. The van der Waals surface area contributed by atoms with E-state index in [0.717, 1.165) is 30.6 Å². The second-order valence-corrected chi connectivity index (χ2v) is 6.72. The van der Waals surface area contributed by atoms with Crippen LogP contribution in [0.4, 0.5) is 0 Å². The summed E-state index contributed by atoms with van der Waals surface area (Å²) in [7, 11) is 0. The van der Waals surface area contributed by atoms with E-state index in [1.165, 1.54) is 0 Å². The Morgan fingerprint density at radius 3 is 2.39 bits per heavy atom. The summed E-state index contributed by atoms with van der Waals surface area (Å²) in [6.45, 7) is 4.70. The van der Waals surface area contributed by atoms with Gasteiger partial charge < -0.3 is 4.74 Å². The number of carbonyl (C=O) groups is 2. The molecule has 28 heavy (non-hydrogen) atoms. The number of amides is 2. The summed E-state index contributed by atoms with van der Waals surface area (Å²) in [5.74, 6) is 0.00323. The molecule has 2 aromatic rings. The molecule has 0 fully saturated rings. The zero-order valence-electron chi connectivity index (χ0n) is 16.1. The van der Waals surface area contributed by atoms with Gasteiger partial charge in [-0.2, -0.15) is 0 Å². The van der Waals surface area contributed by atoms with Crippen LogP contribution in [0.25, 0.3) is 0 Å². The lowest BCUT2D eigenvalue weighted by Crippen LogP contribution is -2.48. The maximum atomic E-state index is 12.2. The Kier molecular flexibility index (Phi) is 8.42. The molecule has 2 rings (SSSR count). The molecule has 0 aromatic heterocycles. The van der Waals surface area contributed by atoms with Gasteiger partial charge >= 0.3 is 0 Å². The molecule has 0 bridgehead atoms. The molecule has 0 saturated heterocycles. The maximum absolute atomic E-state index is 12.2. The number of aryl methyl sites for hydroxylation is 1. The topological polar surface area (TPSA) is 79.5 Å². The van der Waals surface area contributed by atoms with E-state index in [9.17, 15) is 9.59 Å². The zero-order chi connectivity index (χ0) is 20.4. The van der Waals surface area contributed by atoms with Crippen molar-refractivity contribution in [2.75, 3.05) is 6.61 Å². The van der Waals surface area contributed by atoms with Crippen LogP contribution in [-0.2, 0) is 0 Å². The van der Waals surface area contributed by atoms with Crippen molar-refractivity contribution in [1.82, 2.24) is 16.2 Å². The van der Waals surface area contributed by atoms with Crippen molar-refractivity contribution < 1.29 is 14.3 Å². The van der Waals surface area contributed by atoms with E-state index in [2.05, 4.69) is 23.1 Å². The molecule has 2 aromatic carbocycles. The van der Waals surface area contributed by atoms with E-state index in [1.54, 1.807) is 42.5 Å². The second-order valence-electron chi connectivity index (χ2n) is 6.31. The first-order valence-corrected chi connectivity index (χ1v) is 9.61. The van der Waals surface area contributed by atoms with Gasteiger partial charge in [-0.15, -0.1) is 0 Å². The Bertz CT molecular complexity index is 822. The monoisotopic (exact) mass is 399 g/mol. The Morgan fingerprint density at radius 2 is 1.71 bits per heavy atom. The van der Waals surface area contributed by atoms with E-state index >= 15 is 0 Å². The molecular weight excluding hydrogens is 374 g/mol. The van der Waals surface area contributed by atoms with Gasteiger partial charge in [-0.05, 0) is 62.0 Å². The quantitative estimate of drug-likeness (QED) is 0.377. The van der Waals surface area contributed by atoms with Crippen LogP contribution in [0.2, 0.25) is 0 Å². The number of nitrogens with one attached hydrogen (secondary N) is 3. The molecule has 0 aliphatic carbocycles. The van der Waals surface area contributed by atoms with Crippen LogP contribution in [0.5, 0.6) is 5.75 Å². The summed E-state index contributed by atoms with van der Waals surface area (Å²) in [4.78, 5) is 24.3. The number of ether oxygens (including phenoxy) is 1. The Labute approximate surface area is 170 Å². The van der Waals surface area contributed by atoms with Gasteiger partial charge in [0.1, 0.15) is 5.75 Å². The van der Waals surface area contributed by atoms with Gasteiger partial charge in [-0.1, -0.05) is 37.5 Å². The molecule has 0 radical (unpaired) electrons. The Balaban J connectivity index is 1.78. The fourth-order valence-corrected chi connectivity index (χ4v) is 2.57. The molecule has 148 valence electrons. The number of hydrogen-bond acceptors (Lipinski definition) is 4. The van der Waals surface area contributed by atoms with E-state index in [-0.39, 0.29) is 16.9 Å². The third-order valence-electron chi connectivity index (χ3n) is 3.93. The standard InChI is InChI=1S/C21H25N3O3S/c1-3-4-5-13-27-18-11-9-16(10-12-18)19(25)22-21(28)24-23-20(26)17-8-6-7-15(2)14-17/h6-12,14H,3-5,13H2,1-2H3,(H,23,26)(H2,22,24,25,28). The second kappa shape index (κ2) is 11.0. The number of hydrogen-bond donors (Lipinski definition) is 3. The number of thiocarbonyl (C=S) groups is 1. The fraction of sp³-hybridized carbons (Fsp3) is 0.286. The number of carbonyl (C=O) groups excluding carboxylic acids is 2. The lowest BCUT2D eigenvalue weighted by molar-refractivity contribution is 0.0934. The molecule has 2 amide bonds. The number of unbranched alkanes of at least 4 members (excludes halogenated alkanes) is 2. The molecule has 0 spiro atoms. The highest BCUT2D eigenvalue weighted by atomic mass is 32.1. The van der Waals surface area contributed by atoms with E-state index in [1.807, 2.05) is 13.0 Å². The van der Waals surface area contributed by atoms with Crippen molar-refractivity contribution in [1.29, 1.82) is 0 Å². The highest BCUT2D eigenvalue weighted by molar-refractivity contribution is 7.80. The van der Waals surface area contributed by atoms with Crippen LogP contribution in [0.15, 0.2) is 48.5 Å². The van der Waals surface area contributed by atoms with Crippen LogP contribution >= 0.6 is 12.2 Å². The van der Waals surface area contributed by atoms with Crippen LogP contribution < -0.4 is 20.9 Å². The van der Waals surface area contributed by atoms with Crippen molar-refractivity contribution in [2.24, 2.45) is 0 Å². The highest BCUT2D eigenvalue weighted by Crippen LogP contribution is 2.13. The lowest BCUT2D eigenvalue weighted by Gasteiger charge is -2.11. The summed E-state index contributed by atoms with van der Waals surface area (Å²) in [5.41, 5.74) is 6.90. The van der Waals surface area contributed by atoms with E-state index < -0.39 is 0 Å². The normalized spacial score (nSPS) is 10.1. The third-order valence-corrected chi connectivity index (χ3v) is 4.13. The van der Waals surface area contributed by atoms with Crippen molar-refractivity contribution in [3.05, 3.63) is 65.2 Å². The Morgan fingerprint density at radius 1 is 0.964 bits per heavy atom. The molecule has 0 atom stereocenters. The SMILES string of the molecule is CCCCCOc1ccc(C(=O)NC(=S)NNC(=O)c2cccc(C)c2)cc1. The highest BCUT2D eigenvalue weighted by Gasteiger charge is 2.10. The van der Waals surface area contributed by atoms with Gasteiger partial charge in [0.05, 0.1) is 6.61 Å². The number of rotatable bonds is 7. The van der Waals surface area contributed by atoms with Crippen molar-refractivity contribution in [2.45, 2.75) is 33.1 Å². The van der Waals surface area contributed by atoms with Crippen LogP contribution in [-0.4, -0.2) is 23.5 Å². The van der Waals surface area contributed by atoms with Crippen LogP contribution in [0.3, 0.4) is 0 Å². The zero-order valence-corrected chi connectivity index (χ0v) is 16.9. The van der Waals surface area contributed by atoms with Crippen LogP contribution in [0, 0.1) is 6.92 Å². The van der Waals surface area contributed by atoms with Gasteiger partial charge in [0.25, 0.3) is 11.8 Å². The molecule has 3 N–H and O–H groups in total. The largest absolute Gasteiger partial charge is 0.494 e. The average molecular weight is 400 g/mol. The Hall–Kier alpha value is -2.93. The maximum Gasteiger partial charge on any atom is 0.269 e. The van der Waals surface area contributed by atoms with Gasteiger partial charge in [0.15, 0.2) is 5.11 Å². The summed E-state index contributed by atoms with van der Waals surface area (Å²) in [5, 5.41) is 2.53. The molecule has 0 heterocycles.